The fourth-order valence-corrected chi connectivity index (χ4v) is 3.43. The number of carbonyl (C=O) groups is 1. The number of nitrogens with two attached hydrogens (primary N) is 1. The van der Waals surface area contributed by atoms with Crippen molar-refractivity contribution in [1.82, 2.24) is 15.0 Å². The van der Waals surface area contributed by atoms with E-state index >= 15 is 0 Å². The van der Waals surface area contributed by atoms with E-state index in [2.05, 4.69) is 10.1 Å². The molecule has 1 aliphatic rings. The van der Waals surface area contributed by atoms with E-state index in [0.29, 0.717) is 31.1 Å². The number of hydrogen-bond donors (Lipinski definition) is 1. The van der Waals surface area contributed by atoms with Crippen LogP contribution in [-0.4, -0.2) is 40.1 Å². The van der Waals surface area contributed by atoms with Gasteiger partial charge in [0.1, 0.15) is 0 Å². The number of halogens is 1. The van der Waals surface area contributed by atoms with Crippen molar-refractivity contribution in [3.8, 4) is 11.4 Å². The van der Waals surface area contributed by atoms with Gasteiger partial charge in [0, 0.05) is 42.9 Å². The van der Waals surface area contributed by atoms with E-state index in [9.17, 15) is 4.79 Å². The SMILES string of the molecule is Cl.NCC1CCCCN1C(=O)CCc1nc(-c2ccsc2)no1. The van der Waals surface area contributed by atoms with Crippen molar-refractivity contribution < 1.29 is 9.32 Å². The van der Waals surface area contributed by atoms with E-state index in [1.165, 1.54) is 0 Å². The van der Waals surface area contributed by atoms with Crippen LogP contribution >= 0.6 is 23.7 Å². The van der Waals surface area contributed by atoms with Crippen LogP contribution in [0.2, 0.25) is 0 Å². The largest absolute Gasteiger partial charge is 0.339 e. The number of amides is 1. The van der Waals surface area contributed by atoms with Gasteiger partial charge in [-0.2, -0.15) is 16.3 Å². The van der Waals surface area contributed by atoms with Gasteiger partial charge in [-0.25, -0.2) is 0 Å². The molecule has 0 bridgehead atoms. The highest BCUT2D eigenvalue weighted by atomic mass is 35.5. The molecule has 0 saturated carbocycles. The van der Waals surface area contributed by atoms with Gasteiger partial charge in [-0.1, -0.05) is 5.16 Å². The summed E-state index contributed by atoms with van der Waals surface area (Å²) < 4.78 is 5.23. The van der Waals surface area contributed by atoms with Crippen molar-refractivity contribution >= 4 is 29.7 Å². The number of nitrogens with zero attached hydrogens (tertiary/aromatic N) is 3. The third kappa shape index (κ3) is 4.31. The van der Waals surface area contributed by atoms with Gasteiger partial charge in [0.15, 0.2) is 0 Å². The van der Waals surface area contributed by atoms with Crippen molar-refractivity contribution in [1.29, 1.82) is 0 Å². The molecule has 1 saturated heterocycles. The quantitative estimate of drug-likeness (QED) is 0.889. The molecule has 2 N–H and O–H groups in total. The predicted octanol–water partition coefficient (Wildman–Crippen LogP) is 2.49. The highest BCUT2D eigenvalue weighted by Crippen LogP contribution is 2.20. The number of hydrogen-bond acceptors (Lipinski definition) is 6. The summed E-state index contributed by atoms with van der Waals surface area (Å²) in [4.78, 5) is 18.6. The average molecular weight is 357 g/mol. The zero-order valence-electron chi connectivity index (χ0n) is 12.8. The zero-order chi connectivity index (χ0) is 15.4. The van der Waals surface area contributed by atoms with E-state index in [-0.39, 0.29) is 24.4 Å². The molecule has 3 heterocycles. The molecule has 2 aromatic heterocycles. The molecule has 1 aliphatic heterocycles. The summed E-state index contributed by atoms with van der Waals surface area (Å²) in [6, 6.07) is 2.13. The number of thiophene rings is 1. The molecule has 0 spiro atoms. The lowest BCUT2D eigenvalue weighted by atomic mass is 10.0. The normalized spacial score (nSPS) is 17.8. The van der Waals surface area contributed by atoms with E-state index in [1.54, 1.807) is 11.3 Å². The average Bonchev–Trinajstić information content (AvgIpc) is 3.23. The molecule has 0 aromatic carbocycles. The Morgan fingerprint density at radius 3 is 3.09 bits per heavy atom. The van der Waals surface area contributed by atoms with Crippen molar-refractivity contribution in [2.24, 2.45) is 5.73 Å². The van der Waals surface area contributed by atoms with Gasteiger partial charge in [-0.05, 0) is 30.7 Å². The predicted molar refractivity (Wildman–Crippen MR) is 91.6 cm³/mol. The standard InChI is InChI=1S/C15H20N4O2S.ClH/c16-9-12-3-1-2-7-19(12)14(20)5-4-13-17-15(18-21-13)11-6-8-22-10-11;/h6,8,10,12H,1-5,7,9,16H2;1H. The molecule has 0 radical (unpaired) electrons. The molecule has 1 unspecified atom stereocenters. The molecule has 2 aromatic rings. The minimum atomic E-state index is 0. The number of aryl methyl sites for hydroxylation is 1. The van der Waals surface area contributed by atoms with Crippen LogP contribution in [0, 0.1) is 0 Å². The summed E-state index contributed by atoms with van der Waals surface area (Å²) in [5.74, 6) is 1.22. The number of carbonyl (C=O) groups excluding carboxylic acids is 1. The third-order valence-electron chi connectivity index (χ3n) is 4.02. The molecular weight excluding hydrogens is 336 g/mol. The first kappa shape index (κ1) is 17.9. The Bertz CT molecular complexity index is 617. The van der Waals surface area contributed by atoms with Gasteiger partial charge in [0.25, 0.3) is 0 Å². The first-order chi connectivity index (χ1) is 10.8. The summed E-state index contributed by atoms with van der Waals surface area (Å²) >= 11 is 1.59. The number of aromatic nitrogens is 2. The van der Waals surface area contributed by atoms with E-state index in [1.807, 2.05) is 21.7 Å². The lowest BCUT2D eigenvalue weighted by molar-refractivity contribution is -0.134. The number of piperidine rings is 1. The van der Waals surface area contributed by atoms with Gasteiger partial charge in [-0.15, -0.1) is 12.4 Å². The molecule has 8 heteroatoms. The van der Waals surface area contributed by atoms with Crippen LogP contribution in [0.15, 0.2) is 21.3 Å². The van der Waals surface area contributed by atoms with Gasteiger partial charge in [-0.3, -0.25) is 4.79 Å². The van der Waals surface area contributed by atoms with Crippen LogP contribution in [0.5, 0.6) is 0 Å². The summed E-state index contributed by atoms with van der Waals surface area (Å²) in [5.41, 5.74) is 6.71. The fraction of sp³-hybridized carbons (Fsp3) is 0.533. The van der Waals surface area contributed by atoms with E-state index in [4.69, 9.17) is 10.3 Å². The number of likely N-dealkylation sites (tertiary alicyclic amines) is 1. The summed E-state index contributed by atoms with van der Waals surface area (Å²) in [6.07, 6.45) is 4.08. The van der Waals surface area contributed by atoms with Crippen LogP contribution in [-0.2, 0) is 11.2 Å². The second-order valence-electron chi connectivity index (χ2n) is 5.50. The van der Waals surface area contributed by atoms with Crippen LogP contribution in [0.4, 0.5) is 0 Å². The second-order valence-corrected chi connectivity index (χ2v) is 6.28. The fourth-order valence-electron chi connectivity index (χ4n) is 2.80. The Morgan fingerprint density at radius 1 is 1.48 bits per heavy atom. The maximum absolute atomic E-state index is 12.4. The molecule has 23 heavy (non-hydrogen) atoms. The molecular formula is C15H21ClN4O2S. The minimum absolute atomic E-state index is 0. The van der Waals surface area contributed by atoms with Gasteiger partial charge in [0.2, 0.25) is 17.6 Å². The molecule has 6 nitrogen and oxygen atoms in total. The monoisotopic (exact) mass is 356 g/mol. The summed E-state index contributed by atoms with van der Waals surface area (Å²) in [7, 11) is 0. The second kappa shape index (κ2) is 8.42. The van der Waals surface area contributed by atoms with Gasteiger partial charge >= 0.3 is 0 Å². The Labute approximate surface area is 145 Å². The maximum atomic E-state index is 12.4. The van der Waals surface area contributed by atoms with Crippen LogP contribution < -0.4 is 5.73 Å². The lowest BCUT2D eigenvalue weighted by Crippen LogP contribution is -2.47. The Kier molecular flexibility index (Phi) is 6.56. The molecule has 3 rings (SSSR count). The van der Waals surface area contributed by atoms with Crippen molar-refractivity contribution in [2.45, 2.75) is 38.1 Å². The topological polar surface area (TPSA) is 85.2 Å². The first-order valence-electron chi connectivity index (χ1n) is 7.62. The van der Waals surface area contributed by atoms with E-state index < -0.39 is 0 Å². The highest BCUT2D eigenvalue weighted by Gasteiger charge is 2.25. The van der Waals surface area contributed by atoms with Crippen molar-refractivity contribution in [3.63, 3.8) is 0 Å². The van der Waals surface area contributed by atoms with Crippen LogP contribution in [0.25, 0.3) is 11.4 Å². The van der Waals surface area contributed by atoms with Crippen LogP contribution in [0.1, 0.15) is 31.6 Å². The Morgan fingerprint density at radius 2 is 2.35 bits per heavy atom. The summed E-state index contributed by atoms with van der Waals surface area (Å²) in [6.45, 7) is 1.35. The molecule has 1 atom stereocenters. The smallest absolute Gasteiger partial charge is 0.227 e. The Hall–Kier alpha value is -1.44. The molecule has 1 fully saturated rings. The highest BCUT2D eigenvalue weighted by molar-refractivity contribution is 7.08. The molecule has 126 valence electrons. The van der Waals surface area contributed by atoms with Crippen molar-refractivity contribution in [2.75, 3.05) is 13.1 Å². The van der Waals surface area contributed by atoms with Gasteiger partial charge < -0.3 is 15.2 Å². The third-order valence-corrected chi connectivity index (χ3v) is 4.70. The van der Waals surface area contributed by atoms with Crippen LogP contribution in [0.3, 0.4) is 0 Å². The zero-order valence-corrected chi connectivity index (χ0v) is 14.4. The van der Waals surface area contributed by atoms with Crippen molar-refractivity contribution in [3.05, 3.63) is 22.7 Å². The lowest BCUT2D eigenvalue weighted by Gasteiger charge is -2.35. The molecule has 1 amide bonds. The van der Waals surface area contributed by atoms with E-state index in [0.717, 1.165) is 31.4 Å². The summed E-state index contributed by atoms with van der Waals surface area (Å²) in [5, 5.41) is 7.90. The number of rotatable bonds is 5. The molecule has 0 aliphatic carbocycles. The maximum Gasteiger partial charge on any atom is 0.227 e. The minimum Gasteiger partial charge on any atom is -0.339 e. The van der Waals surface area contributed by atoms with Gasteiger partial charge in [0.05, 0.1) is 0 Å². The first-order valence-corrected chi connectivity index (χ1v) is 8.57. The Balaban J connectivity index is 0.00000192.